The van der Waals surface area contributed by atoms with Crippen LogP contribution in [0.15, 0.2) is 66.9 Å². The van der Waals surface area contributed by atoms with Crippen LogP contribution >= 0.6 is 0 Å². The van der Waals surface area contributed by atoms with E-state index in [1.54, 1.807) is 41.4 Å². The van der Waals surface area contributed by atoms with Crippen molar-refractivity contribution in [3.8, 4) is 5.75 Å². The van der Waals surface area contributed by atoms with Crippen LogP contribution in [0.1, 0.15) is 22.3 Å². The zero-order chi connectivity index (χ0) is 26.0. The highest BCUT2D eigenvalue weighted by atomic mass is 19.4. The van der Waals surface area contributed by atoms with Crippen molar-refractivity contribution >= 4 is 23.3 Å². The van der Waals surface area contributed by atoms with Crippen molar-refractivity contribution in [1.29, 1.82) is 0 Å². The van der Waals surface area contributed by atoms with Gasteiger partial charge in [0.2, 0.25) is 5.91 Å². The number of hydrogen-bond acceptors (Lipinski definition) is 6. The third-order valence-electron chi connectivity index (χ3n) is 6.45. The second kappa shape index (κ2) is 10.1. The first-order chi connectivity index (χ1) is 17.8. The number of alkyl halides is 3. The summed E-state index contributed by atoms with van der Waals surface area (Å²) in [6, 6.07) is 14.9. The minimum Gasteiger partial charge on any atom is -0.489 e. The lowest BCUT2D eigenvalue weighted by atomic mass is 9.99. The molecule has 0 bridgehead atoms. The molecule has 2 aliphatic heterocycles. The molecule has 0 radical (unpaired) electrons. The maximum atomic E-state index is 12.8. The molecule has 0 saturated carbocycles. The number of hydrogen-bond donors (Lipinski definition) is 1. The second-order valence-corrected chi connectivity index (χ2v) is 9.05. The number of nitrogens with zero attached hydrogens (tertiary/aromatic N) is 4. The fourth-order valence-corrected chi connectivity index (χ4v) is 4.34. The number of ether oxygens (including phenoxy) is 1. The van der Waals surface area contributed by atoms with Gasteiger partial charge in [0, 0.05) is 43.5 Å². The second-order valence-electron chi connectivity index (χ2n) is 9.05. The quantitative estimate of drug-likeness (QED) is 0.541. The van der Waals surface area contributed by atoms with Gasteiger partial charge in [-0.2, -0.15) is 18.3 Å². The van der Waals surface area contributed by atoms with Crippen LogP contribution in [0.4, 0.5) is 24.7 Å². The van der Waals surface area contributed by atoms with Crippen LogP contribution in [0.3, 0.4) is 0 Å². The Morgan fingerprint density at radius 1 is 0.973 bits per heavy atom. The molecule has 2 amide bonds. The fraction of sp³-hybridized carbons (Fsp3) is 0.308. The predicted octanol–water partition coefficient (Wildman–Crippen LogP) is 3.86. The summed E-state index contributed by atoms with van der Waals surface area (Å²) >= 11 is 0. The average Bonchev–Trinajstić information content (AvgIpc) is 3.32. The molecule has 1 aromatic heterocycles. The number of carbonyl (C=O) groups excluding carboxylic acids is 2. The van der Waals surface area contributed by atoms with Gasteiger partial charge in [-0.3, -0.25) is 9.59 Å². The standard InChI is InChI=1S/C26H24F3N5O3/c27-26(28,29)19-5-3-17(4-6-19)25(36)33-13-11-22(16-33)37-21-9-7-20(8-10-21)31-24(35)18-14-34(15-18)23-2-1-12-30-32-23/h1-10,12,18,22H,11,13-16H2,(H,31,35)/t22-/m1/s1. The molecule has 11 heteroatoms. The Morgan fingerprint density at radius 3 is 2.35 bits per heavy atom. The van der Waals surface area contributed by atoms with Crippen molar-refractivity contribution in [3.63, 3.8) is 0 Å². The number of benzene rings is 2. The van der Waals surface area contributed by atoms with Gasteiger partial charge in [0.25, 0.3) is 5.91 Å². The van der Waals surface area contributed by atoms with Gasteiger partial charge in [0.1, 0.15) is 11.9 Å². The topological polar surface area (TPSA) is 87.7 Å². The Hall–Kier alpha value is -4.15. The summed E-state index contributed by atoms with van der Waals surface area (Å²) in [6.07, 6.45) is -2.47. The van der Waals surface area contributed by atoms with Crippen molar-refractivity contribution in [3.05, 3.63) is 78.0 Å². The maximum absolute atomic E-state index is 12.8. The molecule has 2 saturated heterocycles. The molecule has 5 rings (SSSR count). The molecule has 37 heavy (non-hydrogen) atoms. The highest BCUT2D eigenvalue weighted by Gasteiger charge is 2.34. The molecular formula is C26H24F3N5O3. The van der Waals surface area contributed by atoms with Crippen LogP contribution in [-0.4, -0.2) is 59.2 Å². The number of anilines is 2. The minimum atomic E-state index is -4.44. The highest BCUT2D eigenvalue weighted by molar-refractivity contribution is 5.95. The van der Waals surface area contributed by atoms with Gasteiger partial charge in [-0.1, -0.05) is 0 Å². The summed E-state index contributed by atoms with van der Waals surface area (Å²) in [5.74, 6) is 0.822. The van der Waals surface area contributed by atoms with Crippen molar-refractivity contribution in [2.45, 2.75) is 18.7 Å². The molecule has 192 valence electrons. The van der Waals surface area contributed by atoms with Crippen molar-refractivity contribution in [1.82, 2.24) is 15.1 Å². The smallest absolute Gasteiger partial charge is 0.416 e. The van der Waals surface area contributed by atoms with Gasteiger partial charge in [-0.05, 0) is 60.7 Å². The lowest BCUT2D eigenvalue weighted by Gasteiger charge is -2.38. The summed E-state index contributed by atoms with van der Waals surface area (Å²) in [5, 5.41) is 10.8. The average molecular weight is 512 g/mol. The summed E-state index contributed by atoms with van der Waals surface area (Å²) in [7, 11) is 0. The monoisotopic (exact) mass is 511 g/mol. The van der Waals surface area contributed by atoms with Crippen LogP contribution in [0.25, 0.3) is 0 Å². The van der Waals surface area contributed by atoms with E-state index in [4.69, 9.17) is 4.74 Å². The number of amides is 2. The Balaban J connectivity index is 1.09. The largest absolute Gasteiger partial charge is 0.489 e. The number of carbonyl (C=O) groups is 2. The molecule has 3 aromatic rings. The number of likely N-dealkylation sites (tertiary alicyclic amines) is 1. The number of nitrogens with one attached hydrogen (secondary N) is 1. The van der Waals surface area contributed by atoms with E-state index in [0.29, 0.717) is 44.0 Å². The maximum Gasteiger partial charge on any atom is 0.416 e. The van der Waals surface area contributed by atoms with E-state index in [2.05, 4.69) is 15.5 Å². The molecular weight excluding hydrogens is 487 g/mol. The zero-order valence-electron chi connectivity index (χ0n) is 19.7. The Morgan fingerprint density at radius 2 is 1.70 bits per heavy atom. The normalized spacial score (nSPS) is 17.9. The first-order valence-electron chi connectivity index (χ1n) is 11.8. The van der Waals surface area contributed by atoms with Crippen LogP contribution in [0, 0.1) is 5.92 Å². The number of aromatic nitrogens is 2. The van der Waals surface area contributed by atoms with E-state index in [-0.39, 0.29) is 29.4 Å². The molecule has 2 fully saturated rings. The lowest BCUT2D eigenvalue weighted by molar-refractivity contribution is -0.137. The van der Waals surface area contributed by atoms with Crippen LogP contribution < -0.4 is 15.0 Å². The zero-order valence-corrected chi connectivity index (χ0v) is 19.7. The third-order valence-corrected chi connectivity index (χ3v) is 6.45. The summed E-state index contributed by atoms with van der Waals surface area (Å²) in [5.41, 5.74) is 0.0730. The molecule has 2 aliphatic rings. The van der Waals surface area contributed by atoms with E-state index in [1.165, 1.54) is 12.1 Å². The Kier molecular flexibility index (Phi) is 6.68. The third kappa shape index (κ3) is 5.65. The first kappa shape index (κ1) is 24.5. The Labute approximate surface area is 211 Å². The van der Waals surface area contributed by atoms with Gasteiger partial charge in [0.15, 0.2) is 5.82 Å². The SMILES string of the molecule is O=C(Nc1ccc(O[C@@H]2CCN(C(=O)c3ccc(C(F)(F)F)cc3)C2)cc1)C1CN(c2cccnn2)C1. The molecule has 2 aromatic carbocycles. The molecule has 3 heterocycles. The molecule has 1 N–H and O–H groups in total. The number of rotatable bonds is 6. The van der Waals surface area contributed by atoms with E-state index in [1.807, 2.05) is 11.0 Å². The highest BCUT2D eigenvalue weighted by Crippen LogP contribution is 2.30. The van der Waals surface area contributed by atoms with Gasteiger partial charge in [0.05, 0.1) is 18.0 Å². The van der Waals surface area contributed by atoms with E-state index < -0.39 is 11.7 Å². The van der Waals surface area contributed by atoms with Crippen LogP contribution in [0.5, 0.6) is 5.75 Å². The van der Waals surface area contributed by atoms with Gasteiger partial charge in [-0.15, -0.1) is 5.10 Å². The molecule has 0 aliphatic carbocycles. The van der Waals surface area contributed by atoms with E-state index >= 15 is 0 Å². The Bertz CT molecular complexity index is 1250. The van der Waals surface area contributed by atoms with Gasteiger partial charge in [-0.25, -0.2) is 0 Å². The van der Waals surface area contributed by atoms with Crippen molar-refractivity contribution in [2.75, 3.05) is 36.4 Å². The lowest BCUT2D eigenvalue weighted by Crippen LogP contribution is -2.52. The first-order valence-corrected chi connectivity index (χ1v) is 11.8. The predicted molar refractivity (Wildman–Crippen MR) is 129 cm³/mol. The summed E-state index contributed by atoms with van der Waals surface area (Å²) in [6.45, 7) is 1.94. The van der Waals surface area contributed by atoms with Crippen LogP contribution in [0.2, 0.25) is 0 Å². The summed E-state index contributed by atoms with van der Waals surface area (Å²) < 4.78 is 44.3. The molecule has 0 spiro atoms. The fourth-order valence-electron chi connectivity index (χ4n) is 4.34. The van der Waals surface area contributed by atoms with Gasteiger partial charge >= 0.3 is 6.18 Å². The molecule has 1 atom stereocenters. The summed E-state index contributed by atoms with van der Waals surface area (Å²) in [4.78, 5) is 28.8. The molecule has 8 nitrogen and oxygen atoms in total. The van der Waals surface area contributed by atoms with Crippen molar-refractivity contribution < 1.29 is 27.5 Å². The molecule has 0 unspecified atom stereocenters. The van der Waals surface area contributed by atoms with Crippen LogP contribution in [-0.2, 0) is 11.0 Å². The van der Waals surface area contributed by atoms with E-state index in [9.17, 15) is 22.8 Å². The minimum absolute atomic E-state index is 0.0676. The van der Waals surface area contributed by atoms with E-state index in [0.717, 1.165) is 18.0 Å². The van der Waals surface area contributed by atoms with Gasteiger partial charge < -0.3 is 19.9 Å². The van der Waals surface area contributed by atoms with Crippen molar-refractivity contribution in [2.24, 2.45) is 5.92 Å². The number of halogens is 3.